The van der Waals surface area contributed by atoms with Crippen molar-refractivity contribution < 1.29 is 14.4 Å². The Kier molecular flexibility index (Phi) is 4.30. The molecule has 0 aliphatic carbocycles. The van der Waals surface area contributed by atoms with E-state index in [1.807, 2.05) is 12.1 Å². The molecule has 122 valence electrons. The Balaban J connectivity index is 1.76. The van der Waals surface area contributed by atoms with E-state index >= 15 is 0 Å². The summed E-state index contributed by atoms with van der Waals surface area (Å²) >= 11 is 0. The van der Waals surface area contributed by atoms with Gasteiger partial charge in [-0.3, -0.25) is 19.3 Å². The van der Waals surface area contributed by atoms with E-state index in [1.165, 1.54) is 5.56 Å². The van der Waals surface area contributed by atoms with Crippen molar-refractivity contribution in [3.63, 3.8) is 0 Å². The number of imide groups is 1. The monoisotopic (exact) mass is 321 g/mol. The summed E-state index contributed by atoms with van der Waals surface area (Å²) in [5.41, 5.74) is 2.42. The minimum Gasteiger partial charge on any atom is -0.292 e. The van der Waals surface area contributed by atoms with E-state index in [0.717, 1.165) is 11.3 Å². The summed E-state index contributed by atoms with van der Waals surface area (Å²) in [7, 11) is 0. The number of carbonyl (C=O) groups is 3. The van der Waals surface area contributed by atoms with Gasteiger partial charge in [0.25, 0.3) is 11.8 Å². The summed E-state index contributed by atoms with van der Waals surface area (Å²) in [5.74, 6) is -0.606. The second kappa shape index (κ2) is 6.40. The highest BCUT2D eigenvalue weighted by Crippen LogP contribution is 2.23. The zero-order chi connectivity index (χ0) is 17.3. The molecule has 0 saturated heterocycles. The number of nitrogens with zero attached hydrogens (tertiary/aromatic N) is 1. The van der Waals surface area contributed by atoms with E-state index in [2.05, 4.69) is 13.8 Å². The van der Waals surface area contributed by atoms with E-state index in [4.69, 9.17) is 0 Å². The number of carbonyl (C=O) groups excluding carboxylic acids is 3. The van der Waals surface area contributed by atoms with Gasteiger partial charge in [0, 0.05) is 5.56 Å². The lowest BCUT2D eigenvalue weighted by molar-refractivity contribution is 0.0624. The number of benzene rings is 2. The first-order valence-electron chi connectivity index (χ1n) is 8.11. The van der Waals surface area contributed by atoms with Crippen molar-refractivity contribution in [2.45, 2.75) is 26.2 Å². The molecule has 1 atom stereocenters. The Morgan fingerprint density at radius 3 is 2.00 bits per heavy atom. The molecule has 0 N–H and O–H groups in total. The SMILES string of the molecule is CC[C@@H](C)c1ccc(C(=O)CN2C(=O)c3ccccc3C2=O)cc1. The van der Waals surface area contributed by atoms with Gasteiger partial charge >= 0.3 is 0 Å². The number of hydrogen-bond acceptors (Lipinski definition) is 3. The Morgan fingerprint density at radius 2 is 1.50 bits per heavy atom. The van der Waals surface area contributed by atoms with Gasteiger partial charge in [-0.15, -0.1) is 0 Å². The minimum atomic E-state index is -0.403. The van der Waals surface area contributed by atoms with Gasteiger partial charge in [-0.2, -0.15) is 0 Å². The van der Waals surface area contributed by atoms with Gasteiger partial charge in [-0.25, -0.2) is 0 Å². The molecule has 0 bridgehead atoms. The number of rotatable bonds is 5. The van der Waals surface area contributed by atoms with Gasteiger partial charge in [0.2, 0.25) is 0 Å². The maximum absolute atomic E-state index is 12.4. The van der Waals surface area contributed by atoms with E-state index in [-0.39, 0.29) is 12.3 Å². The number of hydrogen-bond donors (Lipinski definition) is 0. The molecule has 1 aliphatic heterocycles. The van der Waals surface area contributed by atoms with Crippen molar-refractivity contribution in [3.8, 4) is 0 Å². The van der Waals surface area contributed by atoms with Crippen LogP contribution in [0.3, 0.4) is 0 Å². The summed E-state index contributed by atoms with van der Waals surface area (Å²) in [4.78, 5) is 38.1. The summed E-state index contributed by atoms with van der Waals surface area (Å²) in [6, 6.07) is 14.0. The topological polar surface area (TPSA) is 54.5 Å². The smallest absolute Gasteiger partial charge is 0.261 e. The van der Waals surface area contributed by atoms with Gasteiger partial charge in [0.15, 0.2) is 5.78 Å². The van der Waals surface area contributed by atoms with Crippen molar-refractivity contribution in [2.24, 2.45) is 0 Å². The molecular formula is C20H19NO3. The summed E-state index contributed by atoms with van der Waals surface area (Å²) in [6.45, 7) is 4.02. The van der Waals surface area contributed by atoms with Crippen LogP contribution in [-0.4, -0.2) is 29.0 Å². The van der Waals surface area contributed by atoms with E-state index in [9.17, 15) is 14.4 Å². The first kappa shape index (κ1) is 16.1. The summed E-state index contributed by atoms with van der Waals surface area (Å²) < 4.78 is 0. The Bertz CT molecular complexity index is 773. The maximum Gasteiger partial charge on any atom is 0.261 e. The van der Waals surface area contributed by atoms with Crippen molar-refractivity contribution in [1.29, 1.82) is 0 Å². The standard InChI is InChI=1S/C20H19NO3/c1-3-13(2)14-8-10-15(11-9-14)18(22)12-21-19(23)16-6-4-5-7-17(16)20(21)24/h4-11,13H,3,12H2,1-2H3/t13-/m1/s1. The average molecular weight is 321 g/mol. The molecule has 0 spiro atoms. The van der Waals surface area contributed by atoms with Gasteiger partial charge < -0.3 is 0 Å². The lowest BCUT2D eigenvalue weighted by Crippen LogP contribution is -2.34. The molecule has 4 heteroatoms. The molecule has 4 nitrogen and oxygen atoms in total. The molecule has 1 aliphatic rings. The van der Waals surface area contributed by atoms with Crippen LogP contribution in [0.2, 0.25) is 0 Å². The molecule has 3 rings (SSSR count). The van der Waals surface area contributed by atoms with Crippen LogP contribution >= 0.6 is 0 Å². The molecule has 0 aromatic heterocycles. The first-order chi connectivity index (χ1) is 11.5. The number of amides is 2. The number of ketones is 1. The highest BCUT2D eigenvalue weighted by atomic mass is 16.2. The number of Topliss-reactive ketones (excluding diaryl/α,β-unsaturated/α-hetero) is 1. The van der Waals surface area contributed by atoms with E-state index in [1.54, 1.807) is 36.4 Å². The first-order valence-corrected chi connectivity index (χ1v) is 8.11. The lowest BCUT2D eigenvalue weighted by atomic mass is 9.97. The molecule has 0 unspecified atom stereocenters. The molecule has 2 amide bonds. The van der Waals surface area contributed by atoms with Crippen molar-refractivity contribution in [2.75, 3.05) is 6.54 Å². The highest BCUT2D eigenvalue weighted by Gasteiger charge is 2.36. The zero-order valence-corrected chi connectivity index (χ0v) is 13.8. The van der Waals surface area contributed by atoms with Crippen LogP contribution in [0.25, 0.3) is 0 Å². The predicted molar refractivity (Wildman–Crippen MR) is 91.3 cm³/mol. The molecule has 2 aromatic rings. The third-order valence-corrected chi connectivity index (χ3v) is 4.59. The van der Waals surface area contributed by atoms with Crippen molar-refractivity contribution >= 4 is 17.6 Å². The van der Waals surface area contributed by atoms with Crippen LogP contribution in [0, 0.1) is 0 Å². The van der Waals surface area contributed by atoms with Crippen LogP contribution in [0.5, 0.6) is 0 Å². The quantitative estimate of drug-likeness (QED) is 0.623. The van der Waals surface area contributed by atoms with Gasteiger partial charge in [-0.05, 0) is 30.0 Å². The fourth-order valence-corrected chi connectivity index (χ4v) is 2.85. The Labute approximate surface area is 141 Å². The molecule has 0 fully saturated rings. The van der Waals surface area contributed by atoms with Crippen LogP contribution < -0.4 is 0 Å². The number of fused-ring (bicyclic) bond motifs is 1. The second-order valence-electron chi connectivity index (χ2n) is 6.10. The van der Waals surface area contributed by atoms with E-state index in [0.29, 0.717) is 22.6 Å². The minimum absolute atomic E-state index is 0.227. The zero-order valence-electron chi connectivity index (χ0n) is 13.8. The molecule has 0 radical (unpaired) electrons. The fourth-order valence-electron chi connectivity index (χ4n) is 2.85. The highest BCUT2D eigenvalue weighted by molar-refractivity contribution is 6.23. The second-order valence-corrected chi connectivity index (χ2v) is 6.10. The fraction of sp³-hybridized carbons (Fsp3) is 0.250. The van der Waals surface area contributed by atoms with Gasteiger partial charge in [-0.1, -0.05) is 50.2 Å². The third kappa shape index (κ3) is 2.75. The average Bonchev–Trinajstić information content (AvgIpc) is 2.86. The predicted octanol–water partition coefficient (Wildman–Crippen LogP) is 3.68. The molecule has 0 saturated carbocycles. The maximum atomic E-state index is 12.4. The van der Waals surface area contributed by atoms with Crippen LogP contribution in [-0.2, 0) is 0 Å². The molecular weight excluding hydrogens is 302 g/mol. The lowest BCUT2D eigenvalue weighted by Gasteiger charge is -2.13. The molecule has 2 aromatic carbocycles. The van der Waals surface area contributed by atoms with Crippen LogP contribution in [0.4, 0.5) is 0 Å². The van der Waals surface area contributed by atoms with Gasteiger partial charge in [0.05, 0.1) is 17.7 Å². The normalized spacial score (nSPS) is 14.7. The summed E-state index contributed by atoms with van der Waals surface area (Å²) in [5, 5.41) is 0. The van der Waals surface area contributed by atoms with Gasteiger partial charge in [0.1, 0.15) is 0 Å². The van der Waals surface area contributed by atoms with E-state index < -0.39 is 11.8 Å². The third-order valence-electron chi connectivity index (χ3n) is 4.59. The van der Waals surface area contributed by atoms with Crippen molar-refractivity contribution in [3.05, 3.63) is 70.8 Å². The van der Waals surface area contributed by atoms with Crippen LogP contribution in [0.1, 0.15) is 62.8 Å². The Hall–Kier alpha value is -2.75. The van der Waals surface area contributed by atoms with Crippen LogP contribution in [0.15, 0.2) is 48.5 Å². The molecule has 24 heavy (non-hydrogen) atoms. The Morgan fingerprint density at radius 1 is 0.958 bits per heavy atom. The summed E-state index contributed by atoms with van der Waals surface area (Å²) in [6.07, 6.45) is 1.03. The van der Waals surface area contributed by atoms with Crippen molar-refractivity contribution in [1.82, 2.24) is 4.90 Å². The largest absolute Gasteiger partial charge is 0.292 e. The molecule has 1 heterocycles.